The first-order valence-corrected chi connectivity index (χ1v) is 5.20. The molecule has 0 bridgehead atoms. The zero-order valence-corrected chi connectivity index (χ0v) is 10.5. The van der Waals surface area contributed by atoms with E-state index in [-0.39, 0.29) is 12.1 Å². The van der Waals surface area contributed by atoms with Crippen molar-refractivity contribution >= 4 is 11.8 Å². The minimum atomic E-state index is -0.912. The summed E-state index contributed by atoms with van der Waals surface area (Å²) in [5.74, 6) is -0.0640. The summed E-state index contributed by atoms with van der Waals surface area (Å²) in [6.45, 7) is 5.61. The Hall–Kier alpha value is -1.85. The molecule has 0 atom stereocenters. The number of aromatic nitrogens is 2. The Balaban J connectivity index is 3.08. The predicted octanol–water partition coefficient (Wildman–Crippen LogP) is 1.17. The van der Waals surface area contributed by atoms with Gasteiger partial charge in [-0.25, -0.2) is 0 Å². The van der Waals surface area contributed by atoms with Crippen LogP contribution in [0.5, 0.6) is 5.88 Å². The highest BCUT2D eigenvalue weighted by Crippen LogP contribution is 2.22. The van der Waals surface area contributed by atoms with Crippen molar-refractivity contribution in [1.82, 2.24) is 9.97 Å². The van der Waals surface area contributed by atoms with Crippen molar-refractivity contribution in [2.75, 3.05) is 18.6 Å². The number of nitrogens with zero attached hydrogens (tertiary/aromatic N) is 3. The van der Waals surface area contributed by atoms with Crippen LogP contribution >= 0.6 is 0 Å². The number of methoxy groups -OCH3 is 1. The van der Waals surface area contributed by atoms with Crippen LogP contribution in [0.3, 0.4) is 0 Å². The van der Waals surface area contributed by atoms with E-state index in [1.807, 2.05) is 20.8 Å². The Kier molecular flexibility index (Phi) is 3.88. The fraction of sp³-hybridized carbons (Fsp3) is 0.545. The van der Waals surface area contributed by atoms with Crippen LogP contribution in [0.4, 0.5) is 5.82 Å². The zero-order chi connectivity index (χ0) is 13.1. The molecule has 0 saturated heterocycles. The molecular formula is C11H17N3O3. The number of anilines is 1. The first-order chi connectivity index (χ1) is 7.84. The Labute approximate surface area is 100 Å². The van der Waals surface area contributed by atoms with E-state index in [1.54, 1.807) is 4.90 Å². The van der Waals surface area contributed by atoms with Crippen molar-refractivity contribution in [3.63, 3.8) is 0 Å². The van der Waals surface area contributed by atoms with Gasteiger partial charge in [-0.1, -0.05) is 0 Å². The number of aliphatic carboxylic acids is 1. The third-order valence-electron chi connectivity index (χ3n) is 2.19. The Morgan fingerprint density at radius 3 is 2.59 bits per heavy atom. The van der Waals surface area contributed by atoms with Crippen molar-refractivity contribution in [3.8, 4) is 5.88 Å². The van der Waals surface area contributed by atoms with Gasteiger partial charge in [-0.05, 0) is 20.8 Å². The second-order valence-electron chi connectivity index (χ2n) is 4.57. The molecule has 6 heteroatoms. The van der Waals surface area contributed by atoms with Gasteiger partial charge in [-0.15, -0.1) is 0 Å². The quantitative estimate of drug-likeness (QED) is 0.850. The van der Waals surface area contributed by atoms with Crippen molar-refractivity contribution in [2.24, 2.45) is 0 Å². The number of carboxylic acid groups (broad SMARTS) is 1. The van der Waals surface area contributed by atoms with Crippen LogP contribution in [-0.4, -0.2) is 40.2 Å². The highest BCUT2D eigenvalue weighted by atomic mass is 16.5. The monoisotopic (exact) mass is 239 g/mol. The molecule has 0 aliphatic carbocycles. The average Bonchev–Trinajstić information content (AvgIpc) is 2.24. The van der Waals surface area contributed by atoms with Gasteiger partial charge in [0.1, 0.15) is 6.54 Å². The van der Waals surface area contributed by atoms with Gasteiger partial charge in [-0.3, -0.25) is 9.78 Å². The normalized spacial score (nSPS) is 11.1. The van der Waals surface area contributed by atoms with Gasteiger partial charge in [0.15, 0.2) is 5.82 Å². The van der Waals surface area contributed by atoms with Gasteiger partial charge in [0.25, 0.3) is 0 Å². The van der Waals surface area contributed by atoms with E-state index in [4.69, 9.17) is 9.84 Å². The maximum Gasteiger partial charge on any atom is 0.323 e. The topological polar surface area (TPSA) is 75.5 Å². The molecular weight excluding hydrogens is 222 g/mol. The van der Waals surface area contributed by atoms with Crippen LogP contribution in [0.2, 0.25) is 0 Å². The van der Waals surface area contributed by atoms with E-state index in [9.17, 15) is 4.79 Å². The van der Waals surface area contributed by atoms with E-state index in [0.29, 0.717) is 11.7 Å². The zero-order valence-electron chi connectivity index (χ0n) is 10.5. The molecule has 0 saturated carbocycles. The van der Waals surface area contributed by atoms with Gasteiger partial charge < -0.3 is 14.7 Å². The number of ether oxygens (including phenoxy) is 1. The number of carbonyl (C=O) groups is 1. The summed E-state index contributed by atoms with van der Waals surface area (Å²) in [7, 11) is 1.49. The molecule has 1 rings (SSSR count). The van der Waals surface area contributed by atoms with E-state index < -0.39 is 5.97 Å². The molecule has 0 amide bonds. The third kappa shape index (κ3) is 3.58. The van der Waals surface area contributed by atoms with E-state index >= 15 is 0 Å². The van der Waals surface area contributed by atoms with Crippen molar-refractivity contribution < 1.29 is 14.6 Å². The van der Waals surface area contributed by atoms with Gasteiger partial charge in [0, 0.05) is 5.54 Å². The molecule has 1 heterocycles. The van der Waals surface area contributed by atoms with E-state index in [2.05, 4.69) is 9.97 Å². The molecule has 0 fully saturated rings. The number of hydrogen-bond donors (Lipinski definition) is 1. The highest BCUT2D eigenvalue weighted by Gasteiger charge is 2.25. The minimum Gasteiger partial charge on any atom is -0.480 e. The van der Waals surface area contributed by atoms with Crippen LogP contribution in [-0.2, 0) is 4.79 Å². The van der Waals surface area contributed by atoms with Gasteiger partial charge in [-0.2, -0.15) is 4.98 Å². The summed E-state index contributed by atoms with van der Waals surface area (Å²) in [4.78, 5) is 20.7. The lowest BCUT2D eigenvalue weighted by Gasteiger charge is -2.35. The maximum absolute atomic E-state index is 10.9. The Morgan fingerprint density at radius 2 is 2.12 bits per heavy atom. The Bertz CT molecular complexity index is 401. The summed E-state index contributed by atoms with van der Waals surface area (Å²) >= 11 is 0. The third-order valence-corrected chi connectivity index (χ3v) is 2.19. The van der Waals surface area contributed by atoms with Crippen LogP contribution in [0.25, 0.3) is 0 Å². The largest absolute Gasteiger partial charge is 0.480 e. The number of rotatable bonds is 4. The fourth-order valence-electron chi connectivity index (χ4n) is 1.36. The lowest BCUT2D eigenvalue weighted by Crippen LogP contribution is -2.45. The van der Waals surface area contributed by atoms with Crippen LogP contribution < -0.4 is 9.64 Å². The second-order valence-corrected chi connectivity index (χ2v) is 4.57. The average molecular weight is 239 g/mol. The SMILES string of the molecule is COc1cncc(N(CC(=O)O)C(C)(C)C)n1. The smallest absolute Gasteiger partial charge is 0.323 e. The molecule has 0 aromatic carbocycles. The second kappa shape index (κ2) is 4.99. The fourth-order valence-corrected chi connectivity index (χ4v) is 1.36. The standard InChI is InChI=1S/C11H17N3O3/c1-11(2,3)14(7-10(15)16)8-5-12-6-9(13-8)17-4/h5-6H,7H2,1-4H3,(H,15,16). The van der Waals surface area contributed by atoms with Crippen LogP contribution in [0.1, 0.15) is 20.8 Å². The summed E-state index contributed by atoms with van der Waals surface area (Å²) in [5, 5.41) is 8.91. The summed E-state index contributed by atoms with van der Waals surface area (Å²) in [6.07, 6.45) is 3.00. The molecule has 0 unspecified atom stereocenters. The molecule has 0 aliphatic heterocycles. The molecule has 0 radical (unpaired) electrons. The molecule has 1 aromatic heterocycles. The van der Waals surface area contributed by atoms with Gasteiger partial charge in [0.05, 0.1) is 19.5 Å². The maximum atomic E-state index is 10.9. The minimum absolute atomic E-state index is 0.134. The van der Waals surface area contributed by atoms with Crippen molar-refractivity contribution in [1.29, 1.82) is 0 Å². The molecule has 1 aromatic rings. The van der Waals surface area contributed by atoms with Gasteiger partial charge >= 0.3 is 5.97 Å². The lowest BCUT2D eigenvalue weighted by molar-refractivity contribution is -0.135. The van der Waals surface area contributed by atoms with Crippen molar-refractivity contribution in [3.05, 3.63) is 12.4 Å². The Morgan fingerprint density at radius 1 is 1.47 bits per heavy atom. The van der Waals surface area contributed by atoms with Crippen LogP contribution in [0, 0.1) is 0 Å². The molecule has 17 heavy (non-hydrogen) atoms. The number of hydrogen-bond acceptors (Lipinski definition) is 5. The molecule has 0 aliphatic rings. The summed E-state index contributed by atoms with van der Waals surface area (Å²) in [6, 6.07) is 0. The summed E-state index contributed by atoms with van der Waals surface area (Å²) < 4.78 is 4.97. The molecule has 6 nitrogen and oxygen atoms in total. The molecule has 1 N–H and O–H groups in total. The first kappa shape index (κ1) is 13.2. The number of carboxylic acids is 1. The lowest BCUT2D eigenvalue weighted by atomic mass is 10.1. The molecule has 94 valence electrons. The van der Waals surface area contributed by atoms with Gasteiger partial charge in [0.2, 0.25) is 5.88 Å². The van der Waals surface area contributed by atoms with E-state index in [0.717, 1.165) is 0 Å². The first-order valence-electron chi connectivity index (χ1n) is 5.20. The van der Waals surface area contributed by atoms with Crippen molar-refractivity contribution in [2.45, 2.75) is 26.3 Å². The highest BCUT2D eigenvalue weighted by molar-refractivity contribution is 5.73. The molecule has 0 spiro atoms. The predicted molar refractivity (Wildman–Crippen MR) is 63.3 cm³/mol. The summed E-state index contributed by atoms with van der Waals surface area (Å²) in [5.41, 5.74) is -0.362. The van der Waals surface area contributed by atoms with Crippen LogP contribution in [0.15, 0.2) is 12.4 Å². The van der Waals surface area contributed by atoms with E-state index in [1.165, 1.54) is 19.5 Å².